The van der Waals surface area contributed by atoms with E-state index in [2.05, 4.69) is 193 Å². The first-order chi connectivity index (χ1) is 22.3. The van der Waals surface area contributed by atoms with E-state index in [1.54, 1.807) is 0 Å². The Morgan fingerprint density at radius 2 is 0.689 bits per heavy atom. The number of hydrogen-bond donors (Lipinski definition) is 0. The molecule has 45 heavy (non-hydrogen) atoms. The van der Waals surface area contributed by atoms with E-state index < -0.39 is 0 Å². The first kappa shape index (κ1) is 26.7. The third kappa shape index (κ3) is 4.95. The van der Waals surface area contributed by atoms with Crippen molar-refractivity contribution in [3.8, 4) is 33.4 Å². The average Bonchev–Trinajstić information content (AvgIpc) is 3.13. The van der Waals surface area contributed by atoms with Crippen LogP contribution in [0.25, 0.3) is 54.9 Å². The van der Waals surface area contributed by atoms with E-state index in [4.69, 9.17) is 0 Å². The molecule has 0 radical (unpaired) electrons. The van der Waals surface area contributed by atoms with Crippen LogP contribution >= 0.6 is 0 Å². The maximum Gasteiger partial charge on any atom is 0.0624 e. The zero-order valence-electron chi connectivity index (χ0n) is 24.8. The first-order valence-electron chi connectivity index (χ1n) is 15.5. The van der Waals surface area contributed by atoms with E-state index >= 15 is 0 Å². The summed E-state index contributed by atoms with van der Waals surface area (Å²) in [7, 11) is 0. The molecule has 0 saturated heterocycles. The number of benzene rings is 8. The molecule has 0 aliphatic rings. The predicted octanol–water partition coefficient (Wildman–Crippen LogP) is 12.5. The summed E-state index contributed by atoms with van der Waals surface area (Å²) in [6, 6.07) is 67.6. The van der Waals surface area contributed by atoms with Crippen LogP contribution in [0.5, 0.6) is 0 Å². The van der Waals surface area contributed by atoms with Crippen LogP contribution in [0.1, 0.15) is 0 Å². The van der Waals surface area contributed by atoms with Gasteiger partial charge in [0.15, 0.2) is 0 Å². The minimum atomic E-state index is 1.11. The van der Waals surface area contributed by atoms with Gasteiger partial charge in [-0.15, -0.1) is 0 Å². The van der Waals surface area contributed by atoms with Gasteiger partial charge in [0.25, 0.3) is 0 Å². The molecule has 0 heterocycles. The van der Waals surface area contributed by atoms with Gasteiger partial charge in [-0.05, 0) is 74.3 Å². The Labute approximate surface area is 264 Å². The van der Waals surface area contributed by atoms with E-state index in [0.717, 1.165) is 11.4 Å². The summed E-state index contributed by atoms with van der Waals surface area (Å²) >= 11 is 0. The lowest BCUT2D eigenvalue weighted by molar-refractivity contribution is 1.30. The lowest BCUT2D eigenvalue weighted by Crippen LogP contribution is -2.12. The molecule has 8 aromatic carbocycles. The molecule has 0 atom stereocenters. The summed E-state index contributed by atoms with van der Waals surface area (Å²) in [5.41, 5.74) is 10.7. The van der Waals surface area contributed by atoms with Gasteiger partial charge in [0.1, 0.15) is 0 Å². The Balaban J connectivity index is 1.35. The van der Waals surface area contributed by atoms with Crippen LogP contribution in [0.4, 0.5) is 17.1 Å². The van der Waals surface area contributed by atoms with Gasteiger partial charge in [-0.25, -0.2) is 0 Å². The molecule has 8 aromatic rings. The molecular formula is C44H31N. The van der Waals surface area contributed by atoms with Crippen molar-refractivity contribution in [3.63, 3.8) is 0 Å². The summed E-state index contributed by atoms with van der Waals surface area (Å²) in [5, 5.41) is 4.97. The number of nitrogens with zero attached hydrogens (tertiary/aromatic N) is 1. The molecule has 0 bridgehead atoms. The van der Waals surface area contributed by atoms with Gasteiger partial charge in [0, 0.05) is 22.3 Å². The Kier molecular flexibility index (Phi) is 6.90. The molecule has 1 nitrogen and oxygen atoms in total. The summed E-state index contributed by atoms with van der Waals surface area (Å²) in [6.07, 6.45) is 0. The Hall–Kier alpha value is -5.92. The van der Waals surface area contributed by atoms with Crippen LogP contribution in [0.2, 0.25) is 0 Å². The fraction of sp³-hybridized carbons (Fsp3) is 0. The van der Waals surface area contributed by atoms with E-state index in [1.807, 2.05) is 0 Å². The molecule has 0 aliphatic heterocycles. The zero-order chi connectivity index (χ0) is 30.0. The summed E-state index contributed by atoms with van der Waals surface area (Å²) in [4.78, 5) is 2.43. The van der Waals surface area contributed by atoms with Crippen LogP contribution in [0, 0.1) is 0 Å². The van der Waals surface area contributed by atoms with Crippen molar-refractivity contribution >= 4 is 38.6 Å². The maximum atomic E-state index is 2.43. The Morgan fingerprint density at radius 1 is 0.267 bits per heavy atom. The number of fused-ring (bicyclic) bond motifs is 3. The minimum absolute atomic E-state index is 1.11. The zero-order valence-corrected chi connectivity index (χ0v) is 24.8. The summed E-state index contributed by atoms with van der Waals surface area (Å²) < 4.78 is 0. The van der Waals surface area contributed by atoms with Gasteiger partial charge < -0.3 is 4.90 Å². The lowest BCUT2D eigenvalue weighted by atomic mass is 9.90. The van der Waals surface area contributed by atoms with Gasteiger partial charge in [0.05, 0.1) is 5.69 Å². The SMILES string of the molecule is c1ccc(-c2cccc(-c3ccc(N(c4ccccc4)c4c(-c5ccccc5)c5ccccc5c5ccccc45)cc3)c2)cc1. The van der Waals surface area contributed by atoms with Crippen molar-refractivity contribution < 1.29 is 0 Å². The summed E-state index contributed by atoms with van der Waals surface area (Å²) in [6.45, 7) is 0. The van der Waals surface area contributed by atoms with Crippen molar-refractivity contribution in [1.82, 2.24) is 0 Å². The fourth-order valence-electron chi connectivity index (χ4n) is 6.55. The van der Waals surface area contributed by atoms with Crippen molar-refractivity contribution in [2.45, 2.75) is 0 Å². The number of anilines is 3. The number of rotatable bonds is 6. The third-order valence-corrected chi connectivity index (χ3v) is 8.63. The van der Waals surface area contributed by atoms with Crippen LogP contribution in [0.3, 0.4) is 0 Å². The van der Waals surface area contributed by atoms with Crippen LogP contribution < -0.4 is 4.90 Å². The Bertz CT molecular complexity index is 2240. The molecule has 0 aliphatic carbocycles. The summed E-state index contributed by atoms with van der Waals surface area (Å²) in [5.74, 6) is 0. The van der Waals surface area contributed by atoms with E-state index in [-0.39, 0.29) is 0 Å². The van der Waals surface area contributed by atoms with Crippen molar-refractivity contribution in [1.29, 1.82) is 0 Å². The maximum absolute atomic E-state index is 2.43. The lowest BCUT2D eigenvalue weighted by Gasteiger charge is -2.30. The van der Waals surface area contributed by atoms with Gasteiger partial charge >= 0.3 is 0 Å². The fourth-order valence-corrected chi connectivity index (χ4v) is 6.55. The second-order valence-corrected chi connectivity index (χ2v) is 11.3. The Morgan fingerprint density at radius 3 is 1.31 bits per heavy atom. The standard InChI is InChI=1S/C44H31N/c1-4-15-32(16-5-1)35-19-14-20-36(31-35)33-27-29-38(30-28-33)45(37-21-8-3-9-22-37)44-42-26-13-11-24-40(42)39-23-10-12-25-41(39)43(44)34-17-6-2-7-18-34/h1-31H. The smallest absolute Gasteiger partial charge is 0.0624 e. The van der Waals surface area contributed by atoms with Crippen molar-refractivity contribution in [2.75, 3.05) is 4.90 Å². The highest BCUT2D eigenvalue weighted by molar-refractivity contribution is 6.22. The molecule has 0 aromatic heterocycles. The molecule has 8 rings (SSSR count). The molecular weight excluding hydrogens is 542 g/mol. The largest absolute Gasteiger partial charge is 0.309 e. The van der Waals surface area contributed by atoms with Crippen LogP contribution in [-0.4, -0.2) is 0 Å². The second-order valence-electron chi connectivity index (χ2n) is 11.3. The number of para-hydroxylation sites is 1. The van der Waals surface area contributed by atoms with Crippen LogP contribution in [0.15, 0.2) is 188 Å². The van der Waals surface area contributed by atoms with Gasteiger partial charge in [-0.1, -0.05) is 158 Å². The molecule has 1 heteroatoms. The highest BCUT2D eigenvalue weighted by Crippen LogP contribution is 2.49. The molecule has 212 valence electrons. The van der Waals surface area contributed by atoms with E-state index in [1.165, 1.54) is 60.6 Å². The van der Waals surface area contributed by atoms with Gasteiger partial charge in [-0.2, -0.15) is 0 Å². The molecule has 0 fully saturated rings. The predicted molar refractivity (Wildman–Crippen MR) is 192 cm³/mol. The topological polar surface area (TPSA) is 3.24 Å². The monoisotopic (exact) mass is 573 g/mol. The van der Waals surface area contributed by atoms with E-state index in [0.29, 0.717) is 0 Å². The minimum Gasteiger partial charge on any atom is -0.309 e. The molecule has 0 unspecified atom stereocenters. The van der Waals surface area contributed by atoms with Gasteiger partial charge in [-0.3, -0.25) is 0 Å². The molecule has 0 amide bonds. The third-order valence-electron chi connectivity index (χ3n) is 8.63. The normalized spacial score (nSPS) is 11.1. The quantitative estimate of drug-likeness (QED) is 0.179. The van der Waals surface area contributed by atoms with Crippen molar-refractivity contribution in [3.05, 3.63) is 188 Å². The molecule has 0 spiro atoms. The second kappa shape index (κ2) is 11.6. The molecule has 0 N–H and O–H groups in total. The van der Waals surface area contributed by atoms with Gasteiger partial charge in [0.2, 0.25) is 0 Å². The molecule has 0 saturated carbocycles. The highest BCUT2D eigenvalue weighted by atomic mass is 15.1. The first-order valence-corrected chi connectivity index (χ1v) is 15.5. The van der Waals surface area contributed by atoms with Crippen molar-refractivity contribution in [2.24, 2.45) is 0 Å². The number of hydrogen-bond acceptors (Lipinski definition) is 1. The highest BCUT2D eigenvalue weighted by Gasteiger charge is 2.23. The average molecular weight is 574 g/mol. The van der Waals surface area contributed by atoms with Crippen LogP contribution in [-0.2, 0) is 0 Å². The van der Waals surface area contributed by atoms with E-state index in [9.17, 15) is 0 Å².